The number of rotatable bonds is 8. The maximum Gasteiger partial charge on any atom is 0.270 e. The highest BCUT2D eigenvalue weighted by Gasteiger charge is 2.09. The third-order valence-corrected chi connectivity index (χ3v) is 2.74. The Hall–Kier alpha value is -1.69. The molecule has 20 heavy (non-hydrogen) atoms. The molecule has 0 aromatic carbocycles. The van der Waals surface area contributed by atoms with Crippen LogP contribution in [0, 0.1) is 6.92 Å². The first-order valence-corrected chi connectivity index (χ1v) is 7.05. The fraction of sp³-hybridized carbons (Fsp3) is 0.643. The van der Waals surface area contributed by atoms with Crippen LogP contribution in [0.2, 0.25) is 0 Å². The van der Waals surface area contributed by atoms with E-state index in [9.17, 15) is 4.79 Å². The number of hydrogen-bond donors (Lipinski definition) is 2. The van der Waals surface area contributed by atoms with Crippen LogP contribution in [0.4, 0.5) is 5.95 Å². The van der Waals surface area contributed by atoms with Gasteiger partial charge in [-0.25, -0.2) is 9.97 Å². The summed E-state index contributed by atoms with van der Waals surface area (Å²) in [5.74, 6) is 0.368. The number of hydrogen-bond acceptors (Lipinski definition) is 5. The second-order valence-corrected chi connectivity index (χ2v) is 5.06. The number of carbonyl (C=O) groups excluding carboxylic acids is 1. The van der Waals surface area contributed by atoms with E-state index in [0.29, 0.717) is 18.2 Å². The van der Waals surface area contributed by atoms with Crippen LogP contribution in [-0.4, -0.2) is 54.5 Å². The van der Waals surface area contributed by atoms with Gasteiger partial charge in [-0.1, -0.05) is 13.3 Å². The van der Waals surface area contributed by atoms with Crippen LogP contribution < -0.4 is 10.6 Å². The van der Waals surface area contributed by atoms with Crippen molar-refractivity contribution in [3.05, 3.63) is 17.5 Å². The molecule has 0 saturated heterocycles. The van der Waals surface area contributed by atoms with Crippen molar-refractivity contribution < 1.29 is 4.79 Å². The first kappa shape index (κ1) is 16.4. The van der Waals surface area contributed by atoms with E-state index in [1.807, 2.05) is 21.0 Å². The van der Waals surface area contributed by atoms with Gasteiger partial charge in [-0.15, -0.1) is 0 Å². The van der Waals surface area contributed by atoms with Gasteiger partial charge in [0.1, 0.15) is 5.69 Å². The zero-order chi connectivity index (χ0) is 15.0. The largest absolute Gasteiger partial charge is 0.353 e. The maximum atomic E-state index is 12.0. The normalized spacial score (nSPS) is 10.7. The number of likely N-dealkylation sites (N-methyl/N-ethyl adjacent to an activating group) is 1. The van der Waals surface area contributed by atoms with Crippen LogP contribution in [0.1, 0.15) is 35.9 Å². The average Bonchev–Trinajstić information content (AvgIpc) is 2.37. The highest BCUT2D eigenvalue weighted by molar-refractivity contribution is 5.92. The standard InChI is InChI=1S/C14H25N5O/c1-5-6-7-15-13(20)12-10-11(2)17-14(18-12)16-8-9-19(3)4/h10H,5-9H2,1-4H3,(H,15,20)(H,16,17,18). The smallest absolute Gasteiger partial charge is 0.270 e. The van der Waals surface area contributed by atoms with Gasteiger partial charge < -0.3 is 15.5 Å². The van der Waals surface area contributed by atoms with E-state index < -0.39 is 0 Å². The molecule has 0 atom stereocenters. The van der Waals surface area contributed by atoms with Crippen LogP contribution in [0.15, 0.2) is 6.07 Å². The average molecular weight is 279 g/mol. The number of carbonyl (C=O) groups is 1. The summed E-state index contributed by atoms with van der Waals surface area (Å²) in [6.07, 6.45) is 2.03. The molecule has 1 rings (SSSR count). The predicted octanol–water partition coefficient (Wildman–Crippen LogP) is 1.29. The Morgan fingerprint density at radius 1 is 1.30 bits per heavy atom. The van der Waals surface area contributed by atoms with Crippen LogP contribution in [0.3, 0.4) is 0 Å². The molecule has 1 amide bonds. The topological polar surface area (TPSA) is 70.2 Å². The molecule has 1 aromatic heterocycles. The summed E-state index contributed by atoms with van der Waals surface area (Å²) < 4.78 is 0. The van der Waals surface area contributed by atoms with Crippen LogP contribution in [-0.2, 0) is 0 Å². The van der Waals surface area contributed by atoms with E-state index in [-0.39, 0.29) is 5.91 Å². The van der Waals surface area contributed by atoms with E-state index in [1.165, 1.54) is 0 Å². The second kappa shape index (κ2) is 8.47. The van der Waals surface area contributed by atoms with Gasteiger partial charge >= 0.3 is 0 Å². The lowest BCUT2D eigenvalue weighted by Crippen LogP contribution is -2.26. The number of amides is 1. The lowest BCUT2D eigenvalue weighted by Gasteiger charge is -2.11. The summed E-state index contributed by atoms with van der Waals surface area (Å²) in [4.78, 5) is 22.6. The molecule has 1 aromatic rings. The molecule has 2 N–H and O–H groups in total. The number of aromatic nitrogens is 2. The second-order valence-electron chi connectivity index (χ2n) is 5.06. The molecule has 112 valence electrons. The third kappa shape index (κ3) is 5.97. The first-order valence-electron chi connectivity index (χ1n) is 7.05. The van der Waals surface area contributed by atoms with E-state index >= 15 is 0 Å². The fourth-order valence-corrected chi connectivity index (χ4v) is 1.62. The highest BCUT2D eigenvalue weighted by atomic mass is 16.1. The van der Waals surface area contributed by atoms with Crippen molar-refractivity contribution in [1.29, 1.82) is 0 Å². The van der Waals surface area contributed by atoms with E-state index in [4.69, 9.17) is 0 Å². The molecule has 0 bridgehead atoms. The fourth-order valence-electron chi connectivity index (χ4n) is 1.62. The van der Waals surface area contributed by atoms with Crippen molar-refractivity contribution in [2.24, 2.45) is 0 Å². The minimum absolute atomic E-state index is 0.139. The van der Waals surface area contributed by atoms with Gasteiger partial charge in [-0.05, 0) is 33.5 Å². The lowest BCUT2D eigenvalue weighted by molar-refractivity contribution is 0.0948. The zero-order valence-electron chi connectivity index (χ0n) is 12.9. The molecular weight excluding hydrogens is 254 g/mol. The van der Waals surface area contributed by atoms with Gasteiger partial charge in [0.2, 0.25) is 5.95 Å². The molecule has 0 saturated carbocycles. The van der Waals surface area contributed by atoms with Crippen molar-refractivity contribution >= 4 is 11.9 Å². The molecule has 0 aliphatic rings. The molecule has 0 spiro atoms. The van der Waals surface area contributed by atoms with Gasteiger partial charge in [0.25, 0.3) is 5.91 Å². The SMILES string of the molecule is CCCCNC(=O)c1cc(C)nc(NCCN(C)C)n1. The van der Waals surface area contributed by atoms with Gasteiger partial charge in [-0.2, -0.15) is 0 Å². The zero-order valence-corrected chi connectivity index (χ0v) is 12.9. The minimum Gasteiger partial charge on any atom is -0.353 e. The van der Waals surface area contributed by atoms with Crippen LogP contribution in [0.5, 0.6) is 0 Å². The number of unbranched alkanes of at least 4 members (excludes halogenated alkanes) is 1. The molecule has 0 fully saturated rings. The van der Waals surface area contributed by atoms with E-state index in [0.717, 1.165) is 31.6 Å². The third-order valence-electron chi connectivity index (χ3n) is 2.74. The summed E-state index contributed by atoms with van der Waals surface area (Å²) in [6, 6.07) is 1.71. The molecule has 0 aliphatic carbocycles. The summed E-state index contributed by atoms with van der Waals surface area (Å²) in [7, 11) is 4.01. The molecule has 1 heterocycles. The number of anilines is 1. The molecule has 6 heteroatoms. The monoisotopic (exact) mass is 279 g/mol. The van der Waals surface area contributed by atoms with Crippen molar-refractivity contribution in [3.8, 4) is 0 Å². The predicted molar refractivity (Wildman–Crippen MR) is 81.1 cm³/mol. The van der Waals surface area contributed by atoms with E-state index in [2.05, 4.69) is 32.4 Å². The Morgan fingerprint density at radius 2 is 2.05 bits per heavy atom. The van der Waals surface area contributed by atoms with Gasteiger partial charge in [0.05, 0.1) is 0 Å². The Bertz CT molecular complexity index is 434. The molecule has 0 aliphatic heterocycles. The van der Waals surface area contributed by atoms with Crippen molar-refractivity contribution in [1.82, 2.24) is 20.2 Å². The highest BCUT2D eigenvalue weighted by Crippen LogP contribution is 2.05. The number of aryl methyl sites for hydroxylation is 1. The molecule has 6 nitrogen and oxygen atoms in total. The maximum absolute atomic E-state index is 12.0. The van der Waals surface area contributed by atoms with Crippen LogP contribution >= 0.6 is 0 Å². The van der Waals surface area contributed by atoms with Crippen molar-refractivity contribution in [2.45, 2.75) is 26.7 Å². The van der Waals surface area contributed by atoms with E-state index in [1.54, 1.807) is 6.07 Å². The summed E-state index contributed by atoms with van der Waals surface area (Å²) >= 11 is 0. The molecule has 0 unspecified atom stereocenters. The van der Waals surface area contributed by atoms with Crippen molar-refractivity contribution in [2.75, 3.05) is 39.0 Å². The van der Waals surface area contributed by atoms with Crippen molar-refractivity contribution in [3.63, 3.8) is 0 Å². The Morgan fingerprint density at radius 3 is 2.70 bits per heavy atom. The van der Waals surface area contributed by atoms with Crippen LogP contribution in [0.25, 0.3) is 0 Å². The van der Waals surface area contributed by atoms with Gasteiger partial charge in [0.15, 0.2) is 0 Å². The Labute approximate surface area is 121 Å². The molecule has 0 radical (unpaired) electrons. The molecular formula is C14H25N5O. The number of nitrogens with zero attached hydrogens (tertiary/aromatic N) is 3. The minimum atomic E-state index is -0.139. The summed E-state index contributed by atoms with van der Waals surface area (Å²) in [5.41, 5.74) is 1.20. The van der Waals surface area contributed by atoms with Gasteiger partial charge in [-0.3, -0.25) is 4.79 Å². The Balaban J connectivity index is 2.63. The first-order chi connectivity index (χ1) is 9.52. The summed E-state index contributed by atoms with van der Waals surface area (Å²) in [6.45, 7) is 6.26. The quantitative estimate of drug-likeness (QED) is 0.702. The Kier molecular flexibility index (Phi) is 6.93. The number of nitrogens with one attached hydrogen (secondary N) is 2. The lowest BCUT2D eigenvalue weighted by atomic mass is 10.3. The van der Waals surface area contributed by atoms with Gasteiger partial charge in [0, 0.05) is 25.3 Å². The summed E-state index contributed by atoms with van der Waals surface area (Å²) in [5, 5.41) is 6.00.